The van der Waals surface area contributed by atoms with E-state index in [0.717, 1.165) is 38.8 Å². The van der Waals surface area contributed by atoms with E-state index < -0.39 is 5.60 Å². The van der Waals surface area contributed by atoms with Gasteiger partial charge in [-0.1, -0.05) is 5.16 Å². The highest BCUT2D eigenvalue weighted by Crippen LogP contribution is 2.35. The van der Waals surface area contributed by atoms with E-state index in [2.05, 4.69) is 33.8 Å². The number of nitrogens with zero attached hydrogens (tertiary/aromatic N) is 2. The quantitative estimate of drug-likeness (QED) is 0.924. The highest BCUT2D eigenvalue weighted by molar-refractivity contribution is 7.10. The number of rotatable bonds is 2. The van der Waals surface area contributed by atoms with Gasteiger partial charge in [-0.05, 0) is 49.6 Å². The second-order valence-electron chi connectivity index (χ2n) is 5.93. The van der Waals surface area contributed by atoms with Crippen LogP contribution in [0.25, 0.3) is 0 Å². The molecule has 0 bridgehead atoms. The second-order valence-corrected chi connectivity index (χ2v) is 6.93. The van der Waals surface area contributed by atoms with Crippen molar-refractivity contribution in [3.63, 3.8) is 0 Å². The number of hydrogen-bond acceptors (Lipinski definition) is 6. The Morgan fingerprint density at radius 3 is 3.24 bits per heavy atom. The van der Waals surface area contributed by atoms with Crippen molar-refractivity contribution in [1.82, 2.24) is 15.5 Å². The Labute approximate surface area is 127 Å². The fraction of sp³-hybridized carbons (Fsp3) is 0.600. The van der Waals surface area contributed by atoms with Crippen molar-refractivity contribution < 1.29 is 9.26 Å². The van der Waals surface area contributed by atoms with Gasteiger partial charge in [0.25, 0.3) is 0 Å². The van der Waals surface area contributed by atoms with Crippen molar-refractivity contribution >= 4 is 11.3 Å². The Hall–Kier alpha value is -1.24. The number of nitrogens with one attached hydrogen (secondary N) is 1. The van der Waals surface area contributed by atoms with Crippen LogP contribution >= 0.6 is 11.3 Å². The average Bonchev–Trinajstić information content (AvgIpc) is 3.17. The average molecular weight is 305 g/mol. The summed E-state index contributed by atoms with van der Waals surface area (Å²) in [6.07, 6.45) is 4.29. The van der Waals surface area contributed by atoms with Gasteiger partial charge in [-0.3, -0.25) is 0 Å². The molecule has 4 rings (SSSR count). The van der Waals surface area contributed by atoms with Gasteiger partial charge in [0, 0.05) is 18.0 Å². The summed E-state index contributed by atoms with van der Waals surface area (Å²) in [5.74, 6) is 1.33. The van der Waals surface area contributed by atoms with Crippen molar-refractivity contribution in [2.24, 2.45) is 0 Å². The lowest BCUT2D eigenvalue weighted by atomic mass is 9.95. The van der Waals surface area contributed by atoms with Crippen LogP contribution in [0, 0.1) is 0 Å². The third-order valence-electron chi connectivity index (χ3n) is 4.42. The molecule has 0 radical (unpaired) electrons. The summed E-state index contributed by atoms with van der Waals surface area (Å²) in [6, 6.07) is 2.17. The predicted octanol–water partition coefficient (Wildman–Crippen LogP) is 2.78. The topological polar surface area (TPSA) is 60.2 Å². The van der Waals surface area contributed by atoms with Crippen molar-refractivity contribution in [3.05, 3.63) is 33.6 Å². The summed E-state index contributed by atoms with van der Waals surface area (Å²) in [6.45, 7) is 3.78. The van der Waals surface area contributed by atoms with E-state index in [1.165, 1.54) is 10.4 Å². The molecule has 2 aromatic rings. The summed E-state index contributed by atoms with van der Waals surface area (Å²) in [7, 11) is 0. The molecule has 1 N–H and O–H groups in total. The maximum absolute atomic E-state index is 5.90. The largest absolute Gasteiger partial charge is 0.367 e. The summed E-state index contributed by atoms with van der Waals surface area (Å²) in [5.41, 5.74) is 0.878. The Kier molecular flexibility index (Phi) is 3.32. The summed E-state index contributed by atoms with van der Waals surface area (Å²) < 4.78 is 11.5. The predicted molar refractivity (Wildman–Crippen MR) is 79.3 cm³/mol. The first kappa shape index (κ1) is 13.4. The van der Waals surface area contributed by atoms with Crippen molar-refractivity contribution in [1.29, 1.82) is 0 Å². The normalized spacial score (nSPS) is 29.3. The molecule has 1 fully saturated rings. The van der Waals surface area contributed by atoms with Crippen LogP contribution in [0.2, 0.25) is 0 Å². The smallest absolute Gasteiger partial charge is 0.248 e. The molecule has 0 spiro atoms. The van der Waals surface area contributed by atoms with Gasteiger partial charge >= 0.3 is 0 Å². The number of hydrogen-bond donors (Lipinski definition) is 1. The maximum Gasteiger partial charge on any atom is 0.248 e. The van der Waals surface area contributed by atoms with Crippen LogP contribution in [0.15, 0.2) is 16.0 Å². The maximum atomic E-state index is 5.90. The molecule has 2 aliphatic rings. The van der Waals surface area contributed by atoms with Crippen LogP contribution in [0.5, 0.6) is 0 Å². The minimum atomic E-state index is -0.397. The Morgan fingerprint density at radius 1 is 1.43 bits per heavy atom. The van der Waals surface area contributed by atoms with Gasteiger partial charge in [-0.2, -0.15) is 4.98 Å². The van der Waals surface area contributed by atoms with Crippen molar-refractivity contribution in [2.45, 2.75) is 44.2 Å². The summed E-state index contributed by atoms with van der Waals surface area (Å²) in [4.78, 5) is 6.06. The van der Waals surface area contributed by atoms with Crippen molar-refractivity contribution in [3.8, 4) is 0 Å². The molecule has 112 valence electrons. The summed E-state index contributed by atoms with van der Waals surface area (Å²) >= 11 is 1.80. The fourth-order valence-corrected chi connectivity index (χ4v) is 4.07. The monoisotopic (exact) mass is 305 g/mol. The minimum Gasteiger partial charge on any atom is -0.367 e. The minimum absolute atomic E-state index is 0.0217. The molecule has 0 aromatic carbocycles. The number of aromatic nitrogens is 2. The number of ether oxygens (including phenoxy) is 1. The molecule has 0 saturated carbocycles. The molecule has 2 atom stereocenters. The van der Waals surface area contributed by atoms with Gasteiger partial charge in [0.15, 0.2) is 0 Å². The van der Waals surface area contributed by atoms with Crippen LogP contribution < -0.4 is 5.32 Å². The van der Waals surface area contributed by atoms with Crippen LogP contribution in [0.3, 0.4) is 0 Å². The van der Waals surface area contributed by atoms with Crippen molar-refractivity contribution in [2.75, 3.05) is 13.2 Å². The molecule has 5 nitrogen and oxygen atoms in total. The highest BCUT2D eigenvalue weighted by Gasteiger charge is 2.36. The zero-order valence-corrected chi connectivity index (χ0v) is 12.9. The Balaban J connectivity index is 1.64. The molecule has 1 saturated heterocycles. The van der Waals surface area contributed by atoms with Gasteiger partial charge in [-0.15, -0.1) is 11.3 Å². The first-order chi connectivity index (χ1) is 10.3. The van der Waals surface area contributed by atoms with E-state index in [9.17, 15) is 0 Å². The van der Waals surface area contributed by atoms with Gasteiger partial charge in [0.2, 0.25) is 11.7 Å². The zero-order valence-electron chi connectivity index (χ0n) is 12.1. The molecule has 2 unspecified atom stereocenters. The molecule has 0 amide bonds. The lowest BCUT2D eigenvalue weighted by molar-refractivity contribution is -0.0770. The lowest BCUT2D eigenvalue weighted by Crippen LogP contribution is -2.32. The molecule has 6 heteroatoms. The van der Waals surface area contributed by atoms with E-state index >= 15 is 0 Å². The molecule has 4 heterocycles. The van der Waals surface area contributed by atoms with Crippen LogP contribution in [-0.2, 0) is 16.8 Å². The molecule has 21 heavy (non-hydrogen) atoms. The molecule has 0 aliphatic carbocycles. The molecule has 2 aromatic heterocycles. The third kappa shape index (κ3) is 2.31. The van der Waals surface area contributed by atoms with Crippen LogP contribution in [0.1, 0.15) is 54.4 Å². The third-order valence-corrected chi connectivity index (χ3v) is 5.42. The zero-order chi connectivity index (χ0) is 14.3. The van der Waals surface area contributed by atoms with Crippen LogP contribution in [-0.4, -0.2) is 23.3 Å². The number of thiophene rings is 1. The van der Waals surface area contributed by atoms with Crippen LogP contribution in [0.4, 0.5) is 0 Å². The van der Waals surface area contributed by atoms with Gasteiger partial charge in [0.1, 0.15) is 11.6 Å². The first-order valence-electron chi connectivity index (χ1n) is 7.54. The Morgan fingerprint density at radius 2 is 2.38 bits per heavy atom. The van der Waals surface area contributed by atoms with E-state index in [0.29, 0.717) is 11.7 Å². The standard InChI is InChI=1S/C15H19N3O2S/c1-15(6-2-3-8-19-15)14-17-13(20-18-14)12-10-5-9-21-11(10)4-7-16-12/h5,9,12,16H,2-4,6-8H2,1H3. The van der Waals surface area contributed by atoms with Gasteiger partial charge in [-0.25, -0.2) is 0 Å². The van der Waals surface area contributed by atoms with E-state index in [1.54, 1.807) is 11.3 Å². The van der Waals surface area contributed by atoms with E-state index in [4.69, 9.17) is 9.26 Å². The molecular weight excluding hydrogens is 286 g/mol. The van der Waals surface area contributed by atoms with E-state index in [1.807, 2.05) is 0 Å². The number of fused-ring (bicyclic) bond motifs is 1. The molecule has 2 aliphatic heterocycles. The van der Waals surface area contributed by atoms with E-state index in [-0.39, 0.29) is 6.04 Å². The highest BCUT2D eigenvalue weighted by atomic mass is 32.1. The fourth-order valence-electron chi connectivity index (χ4n) is 3.15. The molecular formula is C15H19N3O2S. The Bertz CT molecular complexity index is 630. The first-order valence-corrected chi connectivity index (χ1v) is 8.42. The summed E-state index contributed by atoms with van der Waals surface area (Å²) in [5, 5.41) is 9.80. The van der Waals surface area contributed by atoms with Gasteiger partial charge in [0.05, 0.1) is 0 Å². The lowest BCUT2D eigenvalue weighted by Gasteiger charge is -2.30. The SMILES string of the molecule is CC1(c2noc(C3NCCc4sccc43)n2)CCCCO1. The van der Waals surface area contributed by atoms with Gasteiger partial charge < -0.3 is 14.6 Å². The second kappa shape index (κ2) is 5.19.